The molecule has 2 aromatic carbocycles. The monoisotopic (exact) mass is 339 g/mol. The van der Waals surface area contributed by atoms with Crippen LogP contribution < -0.4 is 0 Å². The molecule has 0 unspecified atom stereocenters. The predicted octanol–water partition coefficient (Wildman–Crippen LogP) is 4.87. The van der Waals surface area contributed by atoms with E-state index in [1.807, 2.05) is 41.8 Å². The van der Waals surface area contributed by atoms with Crippen LogP contribution >= 0.6 is 11.8 Å². The largest absolute Gasteiger partial charge is 0.287 e. The average molecular weight is 339 g/mol. The molecule has 0 saturated heterocycles. The van der Waals surface area contributed by atoms with Gasteiger partial charge in [0.2, 0.25) is 0 Å². The summed E-state index contributed by atoms with van der Waals surface area (Å²) in [5.41, 5.74) is 3.88. The maximum Gasteiger partial charge on any atom is 0.270 e. The minimum Gasteiger partial charge on any atom is -0.287 e. The molecule has 5 nitrogen and oxygen atoms in total. The molecule has 0 aliphatic carbocycles. The molecule has 3 aromatic rings. The zero-order valence-electron chi connectivity index (χ0n) is 13.5. The summed E-state index contributed by atoms with van der Waals surface area (Å²) >= 11 is 1.64. The first-order valence-electron chi connectivity index (χ1n) is 7.62. The van der Waals surface area contributed by atoms with E-state index >= 15 is 0 Å². The van der Waals surface area contributed by atoms with Crippen molar-refractivity contribution in [1.29, 1.82) is 0 Å². The van der Waals surface area contributed by atoms with Gasteiger partial charge in [-0.05, 0) is 24.8 Å². The Kier molecular flexibility index (Phi) is 4.66. The summed E-state index contributed by atoms with van der Waals surface area (Å²) in [7, 11) is 0. The molecule has 0 radical (unpaired) electrons. The van der Waals surface area contributed by atoms with Crippen molar-refractivity contribution in [3.8, 4) is 16.9 Å². The van der Waals surface area contributed by atoms with Crippen molar-refractivity contribution >= 4 is 17.4 Å². The van der Waals surface area contributed by atoms with E-state index in [1.165, 1.54) is 11.6 Å². The first-order valence-corrected chi connectivity index (χ1v) is 8.61. The van der Waals surface area contributed by atoms with Crippen LogP contribution in [0.15, 0.2) is 59.9 Å². The maximum atomic E-state index is 11.1. The molecule has 0 N–H and O–H groups in total. The van der Waals surface area contributed by atoms with E-state index in [1.54, 1.807) is 30.1 Å². The maximum absolute atomic E-state index is 11.1. The molecule has 6 heteroatoms. The van der Waals surface area contributed by atoms with Crippen molar-refractivity contribution in [3.05, 3.63) is 70.4 Å². The second-order valence-electron chi connectivity index (χ2n) is 5.34. The number of hydrogen-bond acceptors (Lipinski definition) is 4. The summed E-state index contributed by atoms with van der Waals surface area (Å²) in [5, 5.41) is 11.9. The lowest BCUT2D eigenvalue weighted by Gasteiger charge is -2.12. The molecular weight excluding hydrogens is 322 g/mol. The molecule has 0 aliphatic heterocycles. The molecule has 0 aliphatic rings. The highest BCUT2D eigenvalue weighted by Crippen LogP contribution is 2.31. The number of nitro benzene ring substituents is 1. The summed E-state index contributed by atoms with van der Waals surface area (Å²) in [5.74, 6) is 0.900. The number of nitro groups is 1. The fourth-order valence-corrected chi connectivity index (χ4v) is 3.21. The highest BCUT2D eigenvalue weighted by atomic mass is 32.2. The number of hydrogen-bond donors (Lipinski definition) is 0. The fourth-order valence-electron chi connectivity index (χ4n) is 2.49. The van der Waals surface area contributed by atoms with Gasteiger partial charge in [0, 0.05) is 23.4 Å². The van der Waals surface area contributed by atoms with Crippen LogP contribution in [-0.4, -0.2) is 20.2 Å². The molecule has 0 spiro atoms. The molecule has 1 aromatic heterocycles. The Bertz CT molecular complexity index is 872. The smallest absolute Gasteiger partial charge is 0.270 e. The predicted molar refractivity (Wildman–Crippen MR) is 96.8 cm³/mol. The number of non-ortho nitro benzene ring substituents is 1. The highest BCUT2D eigenvalue weighted by Gasteiger charge is 2.15. The number of aromatic nitrogens is 2. The van der Waals surface area contributed by atoms with E-state index in [-0.39, 0.29) is 10.6 Å². The number of benzene rings is 2. The minimum absolute atomic E-state index is 0.0776. The van der Waals surface area contributed by atoms with Gasteiger partial charge in [-0.3, -0.25) is 14.7 Å². The van der Waals surface area contributed by atoms with Gasteiger partial charge in [0.1, 0.15) is 0 Å². The Balaban J connectivity index is 2.16. The van der Waals surface area contributed by atoms with Crippen molar-refractivity contribution in [3.63, 3.8) is 0 Å². The molecule has 24 heavy (non-hydrogen) atoms. The molecule has 0 amide bonds. The van der Waals surface area contributed by atoms with Gasteiger partial charge in [-0.15, -0.1) is 0 Å². The van der Waals surface area contributed by atoms with Crippen molar-refractivity contribution in [2.75, 3.05) is 5.75 Å². The van der Waals surface area contributed by atoms with Crippen LogP contribution in [0, 0.1) is 17.0 Å². The number of rotatable bonds is 5. The lowest BCUT2D eigenvalue weighted by atomic mass is 10.1. The normalized spacial score (nSPS) is 10.8. The number of nitrogens with zero attached hydrogens (tertiary/aromatic N) is 3. The SMILES string of the molecule is CCSc1ncc(-c2cccc([N+](=O)[O-])c2)n1-c1ccc(C)cc1. The van der Waals surface area contributed by atoms with Gasteiger partial charge < -0.3 is 0 Å². The molecule has 0 atom stereocenters. The molecular formula is C18H17N3O2S. The molecule has 122 valence electrons. The first kappa shape index (κ1) is 16.3. The molecule has 0 saturated carbocycles. The number of imidazole rings is 1. The Morgan fingerprint density at radius 1 is 1.21 bits per heavy atom. The number of thioether (sulfide) groups is 1. The highest BCUT2D eigenvalue weighted by molar-refractivity contribution is 7.99. The summed E-state index contributed by atoms with van der Waals surface area (Å²) < 4.78 is 2.05. The lowest BCUT2D eigenvalue weighted by Crippen LogP contribution is -1.99. The van der Waals surface area contributed by atoms with Gasteiger partial charge in [-0.25, -0.2) is 4.98 Å². The zero-order valence-corrected chi connectivity index (χ0v) is 14.3. The Labute approximate surface area is 144 Å². The van der Waals surface area contributed by atoms with Gasteiger partial charge in [0.25, 0.3) is 5.69 Å². The third-order valence-electron chi connectivity index (χ3n) is 3.65. The van der Waals surface area contributed by atoms with Crippen LogP contribution in [-0.2, 0) is 0 Å². The van der Waals surface area contributed by atoms with Crippen LogP contribution in [0.1, 0.15) is 12.5 Å². The second kappa shape index (κ2) is 6.88. The van der Waals surface area contributed by atoms with E-state index in [0.717, 1.165) is 27.9 Å². The van der Waals surface area contributed by atoms with Crippen molar-refractivity contribution < 1.29 is 4.92 Å². The van der Waals surface area contributed by atoms with Crippen molar-refractivity contribution in [1.82, 2.24) is 9.55 Å². The lowest BCUT2D eigenvalue weighted by molar-refractivity contribution is -0.384. The van der Waals surface area contributed by atoms with Crippen LogP contribution in [0.2, 0.25) is 0 Å². The molecule has 0 bridgehead atoms. The van der Waals surface area contributed by atoms with Gasteiger partial charge >= 0.3 is 0 Å². The van der Waals surface area contributed by atoms with Gasteiger partial charge in [-0.2, -0.15) is 0 Å². The van der Waals surface area contributed by atoms with Gasteiger partial charge in [0.05, 0.1) is 16.8 Å². The third-order valence-corrected chi connectivity index (χ3v) is 4.48. The summed E-state index contributed by atoms with van der Waals surface area (Å²) in [6.07, 6.45) is 1.77. The first-order chi connectivity index (χ1) is 11.6. The summed E-state index contributed by atoms with van der Waals surface area (Å²) in [6.45, 7) is 4.12. The third kappa shape index (κ3) is 3.19. The fraction of sp³-hybridized carbons (Fsp3) is 0.167. The van der Waals surface area contributed by atoms with E-state index < -0.39 is 0 Å². The van der Waals surface area contributed by atoms with Crippen LogP contribution in [0.3, 0.4) is 0 Å². The Morgan fingerprint density at radius 2 is 1.96 bits per heavy atom. The van der Waals surface area contributed by atoms with Crippen LogP contribution in [0.4, 0.5) is 5.69 Å². The summed E-state index contributed by atoms with van der Waals surface area (Å²) in [4.78, 5) is 15.2. The Morgan fingerprint density at radius 3 is 2.62 bits per heavy atom. The van der Waals surface area contributed by atoms with Gasteiger partial charge in [-0.1, -0.05) is 48.5 Å². The van der Waals surface area contributed by atoms with Crippen LogP contribution in [0.25, 0.3) is 16.9 Å². The number of aryl methyl sites for hydroxylation is 1. The van der Waals surface area contributed by atoms with Crippen LogP contribution in [0.5, 0.6) is 0 Å². The molecule has 1 heterocycles. The van der Waals surface area contributed by atoms with Crippen molar-refractivity contribution in [2.45, 2.75) is 19.0 Å². The van der Waals surface area contributed by atoms with E-state index in [2.05, 4.69) is 11.9 Å². The zero-order chi connectivity index (χ0) is 17.1. The quantitative estimate of drug-likeness (QED) is 0.378. The summed E-state index contributed by atoms with van der Waals surface area (Å²) in [6, 6.07) is 14.8. The Hall–Kier alpha value is -2.60. The topological polar surface area (TPSA) is 61.0 Å². The van der Waals surface area contributed by atoms with E-state index in [4.69, 9.17) is 0 Å². The molecule has 0 fully saturated rings. The standard InChI is InChI=1S/C18H17N3O2S/c1-3-24-18-19-12-17(14-5-4-6-16(11-14)21(22)23)20(18)15-9-7-13(2)8-10-15/h4-12H,3H2,1-2H3. The van der Waals surface area contributed by atoms with Gasteiger partial charge in [0.15, 0.2) is 5.16 Å². The van der Waals surface area contributed by atoms with Crippen molar-refractivity contribution in [2.24, 2.45) is 0 Å². The van der Waals surface area contributed by atoms with E-state index in [9.17, 15) is 10.1 Å². The second-order valence-corrected chi connectivity index (χ2v) is 6.57. The average Bonchev–Trinajstić information content (AvgIpc) is 3.00. The van der Waals surface area contributed by atoms with E-state index in [0.29, 0.717) is 0 Å². The molecule has 3 rings (SSSR count). The minimum atomic E-state index is -0.377.